The predicted octanol–water partition coefficient (Wildman–Crippen LogP) is 4.21. The average molecular weight is 1070 g/mol. The number of rotatable bonds is 42. The molecule has 0 spiro atoms. The highest BCUT2D eigenvalue weighted by atomic mass is 16.8. The summed E-state index contributed by atoms with van der Waals surface area (Å²) in [7, 11) is 0. The molecule has 3 heterocycles. The second-order valence-corrected chi connectivity index (χ2v) is 21.1. The van der Waals surface area contributed by atoms with Crippen molar-refractivity contribution in [2.45, 2.75) is 304 Å². The van der Waals surface area contributed by atoms with Crippen molar-refractivity contribution in [3.8, 4) is 0 Å². The highest BCUT2D eigenvalue weighted by molar-refractivity contribution is 5.76. The maximum absolute atomic E-state index is 13.2. The zero-order valence-corrected chi connectivity index (χ0v) is 45.1. The zero-order valence-electron chi connectivity index (χ0n) is 45.1. The molecule has 436 valence electrons. The lowest BCUT2D eigenvalue weighted by atomic mass is 9.96. The van der Waals surface area contributed by atoms with Gasteiger partial charge in [0.05, 0.1) is 38.6 Å². The number of aliphatic hydroxyl groups is 11. The first-order valence-corrected chi connectivity index (χ1v) is 28.9. The molecule has 0 aromatic rings. The molecular weight excluding hydrogens is 963 g/mol. The van der Waals surface area contributed by atoms with Crippen LogP contribution in [0.4, 0.5) is 0 Å². The van der Waals surface area contributed by atoms with Crippen molar-refractivity contribution in [3.63, 3.8) is 0 Å². The van der Waals surface area contributed by atoms with E-state index in [-0.39, 0.29) is 18.9 Å². The van der Waals surface area contributed by atoms with Gasteiger partial charge >= 0.3 is 0 Å². The maximum atomic E-state index is 13.2. The molecule has 0 aliphatic carbocycles. The predicted molar refractivity (Wildman–Crippen MR) is 277 cm³/mol. The molecule has 0 bridgehead atoms. The third-order valence-corrected chi connectivity index (χ3v) is 14.8. The van der Waals surface area contributed by atoms with E-state index in [9.17, 15) is 61.0 Å². The summed E-state index contributed by atoms with van der Waals surface area (Å²) in [4.78, 5) is 13.2. The number of hydrogen-bond acceptors (Lipinski definition) is 18. The van der Waals surface area contributed by atoms with Crippen LogP contribution >= 0.6 is 0 Å². The van der Waals surface area contributed by atoms with Crippen molar-refractivity contribution in [1.29, 1.82) is 0 Å². The fourth-order valence-corrected chi connectivity index (χ4v) is 10.0. The molecule has 0 saturated carbocycles. The Labute approximate surface area is 442 Å². The monoisotopic (exact) mass is 1070 g/mol. The summed E-state index contributed by atoms with van der Waals surface area (Å²) in [6, 6.07) is -0.965. The smallest absolute Gasteiger partial charge is 0.220 e. The Morgan fingerprint density at radius 3 is 1.27 bits per heavy atom. The number of unbranched alkanes of at least 4 members (excludes halogenated alkanes) is 26. The van der Waals surface area contributed by atoms with Crippen LogP contribution in [0.2, 0.25) is 0 Å². The summed E-state index contributed by atoms with van der Waals surface area (Å²) in [5.74, 6) is -0.280. The molecule has 74 heavy (non-hydrogen) atoms. The molecule has 3 aliphatic heterocycles. The fraction of sp³-hybridized carbons (Fsp3) is 0.945. The van der Waals surface area contributed by atoms with Crippen LogP contribution in [-0.4, -0.2) is 193 Å². The van der Waals surface area contributed by atoms with Crippen molar-refractivity contribution in [3.05, 3.63) is 12.2 Å². The van der Waals surface area contributed by atoms with Gasteiger partial charge in [-0.15, -0.1) is 0 Å². The SMILES string of the molecule is CCCCCCCCCCCCCCCCCCCCC/C=C/C(O)C(COC1OC(CO)C(OC2OC(CO)C(OC3OC(CO)C(O)C(O)C3O)C(O)C2O)C(O)C1O)NC(=O)CCCCCCCCCC. The summed E-state index contributed by atoms with van der Waals surface area (Å²) in [6.07, 6.45) is 10.9. The summed E-state index contributed by atoms with van der Waals surface area (Å²) >= 11 is 0. The Hall–Kier alpha value is -1.47. The van der Waals surface area contributed by atoms with Gasteiger partial charge in [0.25, 0.3) is 0 Å². The number of ether oxygens (including phenoxy) is 6. The van der Waals surface area contributed by atoms with E-state index in [1.807, 2.05) is 6.08 Å². The summed E-state index contributed by atoms with van der Waals surface area (Å²) < 4.78 is 34.1. The number of amides is 1. The van der Waals surface area contributed by atoms with Crippen LogP contribution in [0.3, 0.4) is 0 Å². The molecule has 0 radical (unpaired) electrons. The second kappa shape index (κ2) is 39.8. The van der Waals surface area contributed by atoms with E-state index in [4.69, 9.17) is 28.4 Å². The van der Waals surface area contributed by atoms with Gasteiger partial charge in [0.15, 0.2) is 18.9 Å². The minimum absolute atomic E-state index is 0.246. The van der Waals surface area contributed by atoms with E-state index in [2.05, 4.69) is 19.2 Å². The zero-order chi connectivity index (χ0) is 54.1. The molecular formula is C55H103NO18. The second-order valence-electron chi connectivity index (χ2n) is 21.1. The Bertz CT molecular complexity index is 1410. The first-order chi connectivity index (χ1) is 35.8. The van der Waals surface area contributed by atoms with Crippen LogP contribution in [0.25, 0.3) is 0 Å². The van der Waals surface area contributed by atoms with Gasteiger partial charge in [-0.05, 0) is 19.3 Å². The number of carbonyl (C=O) groups excluding carboxylic acids is 1. The average Bonchev–Trinajstić information content (AvgIpc) is 3.40. The summed E-state index contributed by atoms with van der Waals surface area (Å²) in [5, 5.41) is 120. The first kappa shape index (κ1) is 66.8. The molecule has 17 atom stereocenters. The van der Waals surface area contributed by atoms with E-state index in [0.717, 1.165) is 44.9 Å². The third kappa shape index (κ3) is 24.3. The van der Waals surface area contributed by atoms with Crippen LogP contribution in [0, 0.1) is 0 Å². The molecule has 0 aromatic carbocycles. The van der Waals surface area contributed by atoms with Crippen molar-refractivity contribution < 1.29 is 89.4 Å². The summed E-state index contributed by atoms with van der Waals surface area (Å²) in [6.45, 7) is 1.68. The highest BCUT2D eigenvalue weighted by Gasteiger charge is 2.53. The number of allylic oxidation sites excluding steroid dienone is 1. The molecule has 3 fully saturated rings. The topological polar surface area (TPSA) is 307 Å². The molecule has 0 aromatic heterocycles. The molecule has 3 saturated heterocycles. The van der Waals surface area contributed by atoms with Crippen LogP contribution in [-0.2, 0) is 33.2 Å². The van der Waals surface area contributed by atoms with E-state index in [1.165, 1.54) is 128 Å². The van der Waals surface area contributed by atoms with Crippen molar-refractivity contribution in [2.24, 2.45) is 0 Å². The van der Waals surface area contributed by atoms with Crippen LogP contribution in [0.15, 0.2) is 12.2 Å². The third-order valence-electron chi connectivity index (χ3n) is 14.8. The largest absolute Gasteiger partial charge is 0.394 e. The highest BCUT2D eigenvalue weighted by Crippen LogP contribution is 2.33. The van der Waals surface area contributed by atoms with Gasteiger partial charge in [-0.25, -0.2) is 0 Å². The number of aliphatic hydroxyl groups excluding tert-OH is 11. The molecule has 1 amide bonds. The van der Waals surface area contributed by atoms with Crippen LogP contribution < -0.4 is 5.32 Å². The molecule has 3 rings (SSSR count). The van der Waals surface area contributed by atoms with Crippen LogP contribution in [0.1, 0.15) is 200 Å². The lowest BCUT2D eigenvalue weighted by Gasteiger charge is -2.48. The van der Waals surface area contributed by atoms with Gasteiger partial charge in [0.1, 0.15) is 73.2 Å². The van der Waals surface area contributed by atoms with Gasteiger partial charge in [0.2, 0.25) is 5.91 Å². The van der Waals surface area contributed by atoms with Crippen LogP contribution in [0.5, 0.6) is 0 Å². The Morgan fingerprint density at radius 1 is 0.473 bits per heavy atom. The van der Waals surface area contributed by atoms with E-state index in [0.29, 0.717) is 6.42 Å². The number of hydrogen-bond donors (Lipinski definition) is 12. The molecule has 12 N–H and O–H groups in total. The quantitative estimate of drug-likeness (QED) is 0.0301. The van der Waals surface area contributed by atoms with Gasteiger partial charge in [-0.2, -0.15) is 0 Å². The van der Waals surface area contributed by atoms with E-state index < -0.39 is 124 Å². The minimum atomic E-state index is -1.97. The standard InChI is InChI=1S/C55H103NO18/c1-3-5-7-9-11-13-14-15-16-17-18-19-20-21-22-23-24-25-26-28-30-32-39(60)38(56-43(61)33-31-29-27-12-10-8-6-4-2)37-69-53-49(67)46(64)51(41(35-58)71-53)74-55-50(68)47(65)52(42(36-59)72-55)73-54-48(66)45(63)44(62)40(34-57)70-54/h30,32,38-42,44-55,57-60,62-68H,3-29,31,33-37H2,1-2H3,(H,56,61)/b32-30+. The molecule has 17 unspecified atom stereocenters. The lowest BCUT2D eigenvalue weighted by molar-refractivity contribution is -0.379. The minimum Gasteiger partial charge on any atom is -0.394 e. The number of carbonyl (C=O) groups is 1. The number of nitrogens with one attached hydrogen (secondary N) is 1. The van der Waals surface area contributed by atoms with E-state index in [1.54, 1.807) is 6.08 Å². The lowest BCUT2D eigenvalue weighted by Crippen LogP contribution is -2.66. The fourth-order valence-electron chi connectivity index (χ4n) is 10.0. The first-order valence-electron chi connectivity index (χ1n) is 28.9. The van der Waals surface area contributed by atoms with Gasteiger partial charge in [0, 0.05) is 6.42 Å². The Kier molecular flexibility index (Phi) is 35.9. The molecule has 19 heteroatoms. The maximum Gasteiger partial charge on any atom is 0.220 e. The van der Waals surface area contributed by atoms with Crippen molar-refractivity contribution in [2.75, 3.05) is 26.4 Å². The van der Waals surface area contributed by atoms with Gasteiger partial charge < -0.3 is 89.9 Å². The molecule has 3 aliphatic rings. The van der Waals surface area contributed by atoms with Gasteiger partial charge in [-0.1, -0.05) is 187 Å². The van der Waals surface area contributed by atoms with Gasteiger partial charge in [-0.3, -0.25) is 4.79 Å². The van der Waals surface area contributed by atoms with Crippen molar-refractivity contribution in [1.82, 2.24) is 5.32 Å². The van der Waals surface area contributed by atoms with E-state index >= 15 is 0 Å². The van der Waals surface area contributed by atoms with Crippen molar-refractivity contribution >= 4 is 5.91 Å². The molecule has 19 nitrogen and oxygen atoms in total. The summed E-state index contributed by atoms with van der Waals surface area (Å²) in [5.41, 5.74) is 0. The Balaban J connectivity index is 1.48. The normalized spacial score (nSPS) is 31.5. The Morgan fingerprint density at radius 2 is 0.838 bits per heavy atom.